The normalized spacial score (nSPS) is 18.6. The van der Waals surface area contributed by atoms with Crippen molar-refractivity contribution >= 4 is 17.2 Å². The van der Waals surface area contributed by atoms with E-state index in [0.29, 0.717) is 12.3 Å². The molecule has 1 saturated heterocycles. The molecule has 1 fully saturated rings. The number of aromatic nitrogens is 3. The highest BCUT2D eigenvalue weighted by molar-refractivity contribution is 7.09. The Morgan fingerprint density at radius 1 is 1.50 bits per heavy atom. The van der Waals surface area contributed by atoms with E-state index in [1.165, 1.54) is 11.3 Å². The lowest BCUT2D eigenvalue weighted by atomic mass is 10.0. The standard InChI is InChI=1S/C15H20N4O2S/c1-21-10-14-17-13(11-22-14)15(20)19-8-3-2-5-12(19)9-18-7-4-6-16-18/h4,6-7,11-12H,2-3,5,8-10H2,1H3/t12-/m1/s1. The van der Waals surface area contributed by atoms with Gasteiger partial charge in [0.15, 0.2) is 0 Å². The lowest BCUT2D eigenvalue weighted by Crippen LogP contribution is -2.46. The van der Waals surface area contributed by atoms with Crippen molar-refractivity contribution in [1.29, 1.82) is 0 Å². The Kier molecular flexibility index (Phi) is 4.84. The van der Waals surface area contributed by atoms with Gasteiger partial charge in [-0.3, -0.25) is 9.48 Å². The Morgan fingerprint density at radius 3 is 3.18 bits per heavy atom. The smallest absolute Gasteiger partial charge is 0.273 e. The van der Waals surface area contributed by atoms with Gasteiger partial charge in [-0.15, -0.1) is 11.3 Å². The maximum atomic E-state index is 12.8. The molecule has 0 spiro atoms. The van der Waals surface area contributed by atoms with E-state index in [0.717, 1.165) is 37.4 Å². The molecule has 3 heterocycles. The topological polar surface area (TPSA) is 60.2 Å². The number of piperidine rings is 1. The molecule has 22 heavy (non-hydrogen) atoms. The summed E-state index contributed by atoms with van der Waals surface area (Å²) in [6, 6.07) is 2.10. The number of carbonyl (C=O) groups is 1. The highest BCUT2D eigenvalue weighted by Crippen LogP contribution is 2.22. The minimum absolute atomic E-state index is 0.0236. The maximum absolute atomic E-state index is 12.8. The van der Waals surface area contributed by atoms with Gasteiger partial charge in [0, 0.05) is 31.4 Å². The van der Waals surface area contributed by atoms with Gasteiger partial charge in [-0.25, -0.2) is 4.98 Å². The Bertz CT molecular complexity index is 611. The second kappa shape index (κ2) is 7.02. The molecule has 3 rings (SSSR count). The van der Waals surface area contributed by atoms with Crippen LogP contribution >= 0.6 is 11.3 Å². The minimum Gasteiger partial charge on any atom is -0.378 e. The van der Waals surface area contributed by atoms with Gasteiger partial charge in [-0.05, 0) is 25.3 Å². The molecule has 0 N–H and O–H groups in total. The lowest BCUT2D eigenvalue weighted by Gasteiger charge is -2.35. The average molecular weight is 320 g/mol. The zero-order valence-electron chi connectivity index (χ0n) is 12.6. The molecule has 1 aliphatic rings. The van der Waals surface area contributed by atoms with Crippen LogP contribution in [0.5, 0.6) is 0 Å². The van der Waals surface area contributed by atoms with Crippen LogP contribution in [0.15, 0.2) is 23.8 Å². The highest BCUT2D eigenvalue weighted by atomic mass is 32.1. The van der Waals surface area contributed by atoms with Crippen molar-refractivity contribution < 1.29 is 9.53 Å². The predicted octanol–water partition coefficient (Wildman–Crippen LogP) is 2.18. The van der Waals surface area contributed by atoms with E-state index in [1.54, 1.807) is 13.3 Å². The SMILES string of the molecule is COCc1nc(C(=O)N2CCCC[C@@H]2Cn2cccn2)cs1. The number of amides is 1. The molecule has 0 aromatic carbocycles. The van der Waals surface area contributed by atoms with Gasteiger partial charge in [-0.2, -0.15) is 5.10 Å². The van der Waals surface area contributed by atoms with E-state index < -0.39 is 0 Å². The molecule has 1 amide bonds. The molecular formula is C15H20N4O2S. The van der Waals surface area contributed by atoms with Gasteiger partial charge in [0.25, 0.3) is 5.91 Å². The van der Waals surface area contributed by atoms with E-state index >= 15 is 0 Å². The van der Waals surface area contributed by atoms with E-state index in [1.807, 2.05) is 27.2 Å². The Balaban J connectivity index is 1.72. The molecule has 0 radical (unpaired) electrons. The summed E-state index contributed by atoms with van der Waals surface area (Å²) >= 11 is 1.47. The van der Waals surface area contributed by atoms with Crippen LogP contribution in [0, 0.1) is 0 Å². The Hall–Kier alpha value is -1.73. The van der Waals surface area contributed by atoms with Crippen molar-refractivity contribution in [2.75, 3.05) is 13.7 Å². The van der Waals surface area contributed by atoms with E-state index in [4.69, 9.17) is 4.74 Å². The molecule has 0 aliphatic carbocycles. The quantitative estimate of drug-likeness (QED) is 0.847. The number of rotatable bonds is 5. The molecule has 2 aromatic heterocycles. The van der Waals surface area contributed by atoms with Gasteiger partial charge < -0.3 is 9.64 Å². The van der Waals surface area contributed by atoms with E-state index in [2.05, 4.69) is 10.1 Å². The summed E-state index contributed by atoms with van der Waals surface area (Å²) in [7, 11) is 1.63. The number of nitrogens with zero attached hydrogens (tertiary/aromatic N) is 4. The summed E-state index contributed by atoms with van der Waals surface area (Å²) in [6.07, 6.45) is 6.93. The Morgan fingerprint density at radius 2 is 2.41 bits per heavy atom. The van der Waals surface area contributed by atoms with Crippen LogP contribution in [0.25, 0.3) is 0 Å². The van der Waals surface area contributed by atoms with Gasteiger partial charge >= 0.3 is 0 Å². The molecule has 0 unspecified atom stereocenters. The second-order valence-corrected chi connectivity index (χ2v) is 6.38. The minimum atomic E-state index is 0.0236. The molecule has 1 aliphatic heterocycles. The molecule has 1 atom stereocenters. The predicted molar refractivity (Wildman–Crippen MR) is 83.7 cm³/mol. The van der Waals surface area contributed by atoms with Crippen LogP contribution in [-0.2, 0) is 17.9 Å². The largest absolute Gasteiger partial charge is 0.378 e. The molecule has 118 valence electrons. The molecular weight excluding hydrogens is 300 g/mol. The molecule has 7 heteroatoms. The van der Waals surface area contributed by atoms with Gasteiger partial charge in [-0.1, -0.05) is 0 Å². The van der Waals surface area contributed by atoms with Crippen molar-refractivity contribution in [3.8, 4) is 0 Å². The summed E-state index contributed by atoms with van der Waals surface area (Å²) in [4.78, 5) is 19.1. The molecule has 6 nitrogen and oxygen atoms in total. The number of hydrogen-bond donors (Lipinski definition) is 0. The number of ether oxygens (including phenoxy) is 1. The fraction of sp³-hybridized carbons (Fsp3) is 0.533. The van der Waals surface area contributed by atoms with Crippen molar-refractivity contribution in [1.82, 2.24) is 19.7 Å². The number of thiazole rings is 1. The summed E-state index contributed by atoms with van der Waals surface area (Å²) in [5.74, 6) is 0.0236. The zero-order chi connectivity index (χ0) is 15.4. The third-order valence-electron chi connectivity index (χ3n) is 3.88. The van der Waals surface area contributed by atoms with Gasteiger partial charge in [0.1, 0.15) is 10.7 Å². The number of likely N-dealkylation sites (tertiary alicyclic amines) is 1. The molecule has 0 bridgehead atoms. The lowest BCUT2D eigenvalue weighted by molar-refractivity contribution is 0.0578. The molecule has 0 saturated carbocycles. The maximum Gasteiger partial charge on any atom is 0.273 e. The van der Waals surface area contributed by atoms with Crippen LogP contribution in [-0.4, -0.2) is 45.3 Å². The fourth-order valence-electron chi connectivity index (χ4n) is 2.83. The van der Waals surface area contributed by atoms with Crippen LogP contribution < -0.4 is 0 Å². The number of methoxy groups -OCH3 is 1. The first-order valence-corrected chi connectivity index (χ1v) is 8.37. The van der Waals surface area contributed by atoms with Crippen LogP contribution in [0.4, 0.5) is 0 Å². The highest BCUT2D eigenvalue weighted by Gasteiger charge is 2.29. The third-order valence-corrected chi connectivity index (χ3v) is 4.71. The second-order valence-electron chi connectivity index (χ2n) is 5.44. The third kappa shape index (κ3) is 3.36. The van der Waals surface area contributed by atoms with E-state index in [9.17, 15) is 4.79 Å². The van der Waals surface area contributed by atoms with Gasteiger partial charge in [0.05, 0.1) is 19.2 Å². The summed E-state index contributed by atoms with van der Waals surface area (Å²) in [5, 5.41) is 6.92. The van der Waals surface area contributed by atoms with Crippen molar-refractivity contribution in [3.05, 3.63) is 34.5 Å². The number of hydrogen-bond acceptors (Lipinski definition) is 5. The Labute approximate surface area is 133 Å². The zero-order valence-corrected chi connectivity index (χ0v) is 13.5. The first-order chi connectivity index (χ1) is 10.8. The van der Waals surface area contributed by atoms with Crippen molar-refractivity contribution in [2.45, 2.75) is 38.5 Å². The first-order valence-electron chi connectivity index (χ1n) is 7.49. The fourth-order valence-corrected chi connectivity index (χ4v) is 3.57. The monoisotopic (exact) mass is 320 g/mol. The first kappa shape index (κ1) is 15.2. The van der Waals surface area contributed by atoms with Crippen LogP contribution in [0.3, 0.4) is 0 Å². The summed E-state index contributed by atoms with van der Waals surface area (Å²) < 4.78 is 6.97. The van der Waals surface area contributed by atoms with Crippen molar-refractivity contribution in [2.24, 2.45) is 0 Å². The summed E-state index contributed by atoms with van der Waals surface area (Å²) in [5.41, 5.74) is 0.532. The van der Waals surface area contributed by atoms with Crippen molar-refractivity contribution in [3.63, 3.8) is 0 Å². The average Bonchev–Trinajstić information content (AvgIpc) is 3.19. The number of carbonyl (C=O) groups excluding carboxylic acids is 1. The molecule has 2 aromatic rings. The van der Waals surface area contributed by atoms with Gasteiger partial charge in [0.2, 0.25) is 0 Å². The van der Waals surface area contributed by atoms with E-state index in [-0.39, 0.29) is 11.9 Å². The summed E-state index contributed by atoms with van der Waals surface area (Å²) in [6.45, 7) is 1.99. The van der Waals surface area contributed by atoms with Crippen LogP contribution in [0.1, 0.15) is 34.8 Å². The van der Waals surface area contributed by atoms with Crippen LogP contribution in [0.2, 0.25) is 0 Å².